The first-order chi connectivity index (χ1) is 16.5. The van der Waals surface area contributed by atoms with Crippen LogP contribution in [-0.4, -0.2) is 30.9 Å². The van der Waals surface area contributed by atoms with E-state index in [1.54, 1.807) is 19.2 Å². The van der Waals surface area contributed by atoms with E-state index in [1.165, 1.54) is 10.5 Å². The summed E-state index contributed by atoms with van der Waals surface area (Å²) in [7, 11) is 3.46. The van der Waals surface area contributed by atoms with Crippen molar-refractivity contribution in [3.05, 3.63) is 101 Å². The summed E-state index contributed by atoms with van der Waals surface area (Å²) in [5.74, 6) is 0.0711. The van der Waals surface area contributed by atoms with Gasteiger partial charge in [0, 0.05) is 13.6 Å². The van der Waals surface area contributed by atoms with Gasteiger partial charge in [-0.25, -0.2) is 4.90 Å². The molecule has 0 aromatic heterocycles. The third-order valence-electron chi connectivity index (χ3n) is 6.10. The van der Waals surface area contributed by atoms with Gasteiger partial charge in [-0.05, 0) is 53.8 Å². The molecular weight excluding hydrogens is 424 g/mol. The number of aryl methyl sites for hydroxylation is 1. The molecule has 3 aromatic carbocycles. The summed E-state index contributed by atoms with van der Waals surface area (Å²) in [4.78, 5) is 30.5. The minimum absolute atomic E-state index is 0.310. The van der Waals surface area contributed by atoms with Crippen molar-refractivity contribution in [2.45, 2.75) is 32.7 Å². The van der Waals surface area contributed by atoms with Gasteiger partial charge < -0.3 is 9.64 Å². The van der Waals surface area contributed by atoms with Crippen molar-refractivity contribution in [1.29, 1.82) is 0 Å². The first-order valence-corrected chi connectivity index (χ1v) is 11.6. The van der Waals surface area contributed by atoms with Crippen LogP contribution in [0, 0.1) is 0 Å². The van der Waals surface area contributed by atoms with Crippen LogP contribution in [0.5, 0.6) is 5.75 Å². The Bertz CT molecular complexity index is 1180. The lowest BCUT2D eigenvalue weighted by Gasteiger charge is -2.21. The number of methoxy groups -OCH3 is 1. The van der Waals surface area contributed by atoms with Crippen molar-refractivity contribution in [1.82, 2.24) is 4.90 Å². The maximum Gasteiger partial charge on any atom is 0.282 e. The molecule has 174 valence electrons. The number of hydrogen-bond donors (Lipinski definition) is 0. The van der Waals surface area contributed by atoms with E-state index in [1.807, 2.05) is 78.7 Å². The standard InChI is InChI=1S/C29H30N2O3/c1-4-5-9-21-12-16-24(17-13-21)31-28(32)26(23-14-18-25(34-3)19-15-23)27(29(31)33)30(2)20-22-10-7-6-8-11-22/h6-8,10-19H,4-5,9,20H2,1-3H3. The van der Waals surface area contributed by atoms with Gasteiger partial charge in [0.15, 0.2) is 0 Å². The molecule has 0 saturated carbocycles. The molecule has 0 atom stereocenters. The van der Waals surface area contributed by atoms with Crippen LogP contribution < -0.4 is 9.64 Å². The van der Waals surface area contributed by atoms with Gasteiger partial charge in [0.1, 0.15) is 11.4 Å². The van der Waals surface area contributed by atoms with E-state index >= 15 is 0 Å². The Morgan fingerprint density at radius 2 is 1.50 bits per heavy atom. The molecule has 0 radical (unpaired) electrons. The Balaban J connectivity index is 1.72. The van der Waals surface area contributed by atoms with Crippen LogP contribution in [-0.2, 0) is 22.6 Å². The molecule has 0 bridgehead atoms. The molecule has 1 heterocycles. The molecule has 0 fully saturated rings. The van der Waals surface area contributed by atoms with Crippen molar-refractivity contribution in [3.8, 4) is 5.75 Å². The molecule has 5 heteroatoms. The summed E-state index contributed by atoms with van der Waals surface area (Å²) in [6.45, 7) is 2.68. The van der Waals surface area contributed by atoms with Gasteiger partial charge in [-0.2, -0.15) is 0 Å². The quantitative estimate of drug-likeness (QED) is 0.403. The highest BCUT2D eigenvalue weighted by Gasteiger charge is 2.41. The minimum Gasteiger partial charge on any atom is -0.497 e. The summed E-state index contributed by atoms with van der Waals surface area (Å²) < 4.78 is 5.27. The van der Waals surface area contributed by atoms with Gasteiger partial charge in [0.05, 0.1) is 18.4 Å². The molecule has 3 aromatic rings. The summed E-state index contributed by atoms with van der Waals surface area (Å²) in [5.41, 5.74) is 4.34. The fourth-order valence-corrected chi connectivity index (χ4v) is 4.25. The number of amides is 2. The van der Waals surface area contributed by atoms with Crippen LogP contribution in [0.1, 0.15) is 36.5 Å². The summed E-state index contributed by atoms with van der Waals surface area (Å²) in [5, 5.41) is 0. The number of unbranched alkanes of at least 4 members (excludes halogenated alkanes) is 1. The lowest BCUT2D eigenvalue weighted by Crippen LogP contribution is -2.34. The Morgan fingerprint density at radius 1 is 0.824 bits per heavy atom. The van der Waals surface area contributed by atoms with Gasteiger partial charge in [-0.3, -0.25) is 9.59 Å². The fourth-order valence-electron chi connectivity index (χ4n) is 4.25. The SMILES string of the molecule is CCCCc1ccc(N2C(=O)C(c3ccc(OC)cc3)=C(N(C)Cc3ccccc3)C2=O)cc1. The lowest BCUT2D eigenvalue weighted by atomic mass is 10.0. The van der Waals surface area contributed by atoms with Crippen LogP contribution in [0.15, 0.2) is 84.6 Å². The third-order valence-corrected chi connectivity index (χ3v) is 6.10. The second-order valence-electron chi connectivity index (χ2n) is 8.51. The Morgan fingerprint density at radius 3 is 2.12 bits per heavy atom. The van der Waals surface area contributed by atoms with E-state index in [0.717, 1.165) is 24.8 Å². The lowest BCUT2D eigenvalue weighted by molar-refractivity contribution is -0.120. The zero-order chi connectivity index (χ0) is 24.1. The number of benzene rings is 3. The molecular formula is C29H30N2O3. The predicted molar refractivity (Wildman–Crippen MR) is 135 cm³/mol. The van der Waals surface area contributed by atoms with Gasteiger partial charge in [-0.15, -0.1) is 0 Å². The zero-order valence-electron chi connectivity index (χ0n) is 20.0. The minimum atomic E-state index is -0.314. The molecule has 1 aliphatic rings. The first-order valence-electron chi connectivity index (χ1n) is 11.6. The van der Waals surface area contributed by atoms with Crippen molar-refractivity contribution in [2.75, 3.05) is 19.1 Å². The van der Waals surface area contributed by atoms with Crippen LogP contribution >= 0.6 is 0 Å². The molecule has 0 saturated heterocycles. The number of hydrogen-bond acceptors (Lipinski definition) is 4. The average Bonchev–Trinajstić information content (AvgIpc) is 3.13. The smallest absolute Gasteiger partial charge is 0.282 e. The summed E-state index contributed by atoms with van der Waals surface area (Å²) in [6.07, 6.45) is 3.22. The molecule has 2 amide bonds. The molecule has 0 N–H and O–H groups in total. The van der Waals surface area contributed by atoms with E-state index in [9.17, 15) is 9.59 Å². The number of likely N-dealkylation sites (N-methyl/N-ethyl adjacent to an activating group) is 1. The number of anilines is 1. The molecule has 34 heavy (non-hydrogen) atoms. The predicted octanol–water partition coefficient (Wildman–Crippen LogP) is 5.45. The highest BCUT2D eigenvalue weighted by atomic mass is 16.5. The molecule has 5 nitrogen and oxygen atoms in total. The topological polar surface area (TPSA) is 49.9 Å². The molecule has 1 aliphatic heterocycles. The highest BCUT2D eigenvalue weighted by molar-refractivity contribution is 6.45. The Kier molecular flexibility index (Phi) is 7.12. The zero-order valence-corrected chi connectivity index (χ0v) is 20.0. The monoisotopic (exact) mass is 454 g/mol. The van der Waals surface area contributed by atoms with Gasteiger partial charge in [0.2, 0.25) is 0 Å². The number of nitrogens with zero attached hydrogens (tertiary/aromatic N) is 2. The molecule has 4 rings (SSSR count). The summed E-state index contributed by atoms with van der Waals surface area (Å²) >= 11 is 0. The second-order valence-corrected chi connectivity index (χ2v) is 8.51. The number of carbonyl (C=O) groups is 2. The maximum atomic E-state index is 13.7. The van der Waals surface area contributed by atoms with Gasteiger partial charge in [-0.1, -0.05) is 67.9 Å². The number of rotatable bonds is 9. The van der Waals surface area contributed by atoms with E-state index in [-0.39, 0.29) is 11.8 Å². The van der Waals surface area contributed by atoms with E-state index in [4.69, 9.17) is 4.74 Å². The van der Waals surface area contributed by atoms with Crippen molar-refractivity contribution in [3.63, 3.8) is 0 Å². The van der Waals surface area contributed by atoms with Crippen LogP contribution in [0.3, 0.4) is 0 Å². The van der Waals surface area contributed by atoms with Crippen LogP contribution in [0.2, 0.25) is 0 Å². The van der Waals surface area contributed by atoms with Crippen molar-refractivity contribution >= 4 is 23.1 Å². The van der Waals surface area contributed by atoms with Gasteiger partial charge in [0.25, 0.3) is 11.8 Å². The molecule has 0 aliphatic carbocycles. The number of carbonyl (C=O) groups excluding carboxylic acids is 2. The average molecular weight is 455 g/mol. The highest BCUT2D eigenvalue weighted by Crippen LogP contribution is 2.35. The molecule has 0 spiro atoms. The van der Waals surface area contributed by atoms with Crippen LogP contribution in [0.25, 0.3) is 5.57 Å². The normalized spacial score (nSPS) is 13.6. The van der Waals surface area contributed by atoms with Crippen LogP contribution in [0.4, 0.5) is 5.69 Å². The van der Waals surface area contributed by atoms with E-state index in [2.05, 4.69) is 6.92 Å². The first kappa shape index (κ1) is 23.3. The maximum absolute atomic E-state index is 13.7. The second kappa shape index (κ2) is 10.4. The third kappa shape index (κ3) is 4.74. The number of imide groups is 1. The largest absolute Gasteiger partial charge is 0.497 e. The Hall–Kier alpha value is -3.86. The number of ether oxygens (including phenoxy) is 1. The fraction of sp³-hybridized carbons (Fsp3) is 0.241. The molecule has 0 unspecified atom stereocenters. The summed E-state index contributed by atoms with van der Waals surface area (Å²) in [6, 6.07) is 24.9. The van der Waals surface area contributed by atoms with E-state index < -0.39 is 0 Å². The van der Waals surface area contributed by atoms with E-state index in [0.29, 0.717) is 34.8 Å². The van der Waals surface area contributed by atoms with Crippen molar-refractivity contribution < 1.29 is 14.3 Å². The Labute approximate surface area is 201 Å². The van der Waals surface area contributed by atoms with Gasteiger partial charge >= 0.3 is 0 Å². The van der Waals surface area contributed by atoms with Crippen molar-refractivity contribution in [2.24, 2.45) is 0 Å².